The maximum atomic E-state index is 3.95. The van der Waals surface area contributed by atoms with E-state index in [1.165, 1.54) is 24.3 Å². The van der Waals surface area contributed by atoms with Crippen LogP contribution in [0, 0.1) is 0 Å². The Morgan fingerprint density at radius 3 is 2.83 bits per heavy atom. The van der Waals surface area contributed by atoms with Crippen LogP contribution in [0.4, 0.5) is 5.69 Å². The van der Waals surface area contributed by atoms with Crippen molar-refractivity contribution in [2.24, 2.45) is 0 Å². The average molecular weight is 261 g/mol. The molecule has 1 N–H and O–H groups in total. The van der Waals surface area contributed by atoms with Crippen LogP contribution in [0.1, 0.15) is 12.8 Å². The predicted octanol–water partition coefficient (Wildman–Crippen LogP) is 1.97. The summed E-state index contributed by atoms with van der Waals surface area (Å²) in [4.78, 5) is 0. The van der Waals surface area contributed by atoms with Crippen molar-refractivity contribution in [3.8, 4) is 5.69 Å². The van der Waals surface area contributed by atoms with E-state index in [9.17, 15) is 0 Å². The lowest BCUT2D eigenvalue weighted by atomic mass is 10.1. The number of rotatable bonds is 3. The van der Waals surface area contributed by atoms with Gasteiger partial charge in [-0.2, -0.15) is 16.4 Å². The number of hydrogen-bond donors (Lipinski definition) is 1. The Morgan fingerprint density at radius 1 is 1.22 bits per heavy atom. The van der Waals surface area contributed by atoms with Crippen LogP contribution < -0.4 is 5.32 Å². The highest BCUT2D eigenvalue weighted by molar-refractivity contribution is 7.99. The van der Waals surface area contributed by atoms with Crippen molar-refractivity contribution < 1.29 is 0 Å². The number of para-hydroxylation sites is 2. The molecule has 0 radical (unpaired) electrons. The lowest BCUT2D eigenvalue weighted by molar-refractivity contribution is 0.665. The molecular formula is C12H15N5S. The van der Waals surface area contributed by atoms with Crippen molar-refractivity contribution in [1.82, 2.24) is 20.2 Å². The van der Waals surface area contributed by atoms with Crippen molar-refractivity contribution in [2.75, 3.05) is 16.8 Å². The predicted molar refractivity (Wildman–Crippen MR) is 73.1 cm³/mol. The van der Waals surface area contributed by atoms with Gasteiger partial charge in [0.15, 0.2) is 0 Å². The molecule has 1 saturated heterocycles. The number of thioether (sulfide) groups is 1. The molecule has 0 amide bonds. The maximum absolute atomic E-state index is 3.95. The Kier molecular flexibility index (Phi) is 3.45. The zero-order valence-electron chi connectivity index (χ0n) is 9.99. The normalized spacial score (nSPS) is 16.7. The van der Waals surface area contributed by atoms with Gasteiger partial charge < -0.3 is 5.32 Å². The molecule has 1 fully saturated rings. The molecule has 0 unspecified atom stereocenters. The molecule has 0 bridgehead atoms. The van der Waals surface area contributed by atoms with Crippen LogP contribution in [0.2, 0.25) is 0 Å². The first kappa shape index (κ1) is 11.5. The lowest BCUT2D eigenvalue weighted by Crippen LogP contribution is -2.25. The Hall–Kier alpha value is -1.56. The van der Waals surface area contributed by atoms with Crippen molar-refractivity contribution in [3.63, 3.8) is 0 Å². The van der Waals surface area contributed by atoms with Gasteiger partial charge in [-0.15, -0.1) is 5.10 Å². The van der Waals surface area contributed by atoms with Crippen LogP contribution in [0.5, 0.6) is 0 Å². The number of hydrogen-bond acceptors (Lipinski definition) is 5. The SMILES string of the molecule is c1ccc(-n2cnnn2)c(NC2CCSCC2)c1. The number of benzene rings is 1. The van der Waals surface area contributed by atoms with Gasteiger partial charge >= 0.3 is 0 Å². The highest BCUT2D eigenvalue weighted by atomic mass is 32.2. The minimum atomic E-state index is 0.559. The fourth-order valence-electron chi connectivity index (χ4n) is 2.13. The monoisotopic (exact) mass is 261 g/mol. The van der Waals surface area contributed by atoms with Crippen molar-refractivity contribution in [1.29, 1.82) is 0 Å². The standard InChI is InChI=1S/C12H15N5S/c1-2-4-12(17-9-13-15-16-17)11(3-1)14-10-5-7-18-8-6-10/h1-4,9-10,14H,5-8H2. The third-order valence-electron chi connectivity index (χ3n) is 3.08. The zero-order valence-corrected chi connectivity index (χ0v) is 10.8. The summed E-state index contributed by atoms with van der Waals surface area (Å²) in [5.74, 6) is 2.48. The molecule has 3 rings (SSSR count). The van der Waals surface area contributed by atoms with E-state index >= 15 is 0 Å². The smallest absolute Gasteiger partial charge is 0.143 e. The Labute approximate surface area is 110 Å². The van der Waals surface area contributed by atoms with E-state index in [0.717, 1.165) is 11.4 Å². The van der Waals surface area contributed by atoms with Crippen molar-refractivity contribution >= 4 is 17.4 Å². The van der Waals surface area contributed by atoms with Crippen LogP contribution >= 0.6 is 11.8 Å². The van der Waals surface area contributed by atoms with Gasteiger partial charge in [0.2, 0.25) is 0 Å². The Bertz CT molecular complexity index is 493. The molecule has 0 atom stereocenters. The quantitative estimate of drug-likeness (QED) is 0.915. The van der Waals surface area contributed by atoms with E-state index in [1.807, 2.05) is 30.0 Å². The minimum Gasteiger partial charge on any atom is -0.381 e. The van der Waals surface area contributed by atoms with E-state index in [2.05, 4.69) is 26.9 Å². The summed E-state index contributed by atoms with van der Waals surface area (Å²) in [7, 11) is 0. The molecule has 0 aliphatic carbocycles. The highest BCUT2D eigenvalue weighted by Crippen LogP contribution is 2.24. The third-order valence-corrected chi connectivity index (χ3v) is 4.13. The van der Waals surface area contributed by atoms with Crippen LogP contribution in [-0.4, -0.2) is 37.8 Å². The van der Waals surface area contributed by atoms with E-state index in [0.29, 0.717) is 6.04 Å². The first-order valence-corrected chi connectivity index (χ1v) is 7.25. The molecule has 0 spiro atoms. The summed E-state index contributed by atoms with van der Waals surface area (Å²) >= 11 is 2.03. The van der Waals surface area contributed by atoms with Crippen LogP contribution in [0.15, 0.2) is 30.6 Å². The number of nitrogens with one attached hydrogen (secondary N) is 1. The van der Waals surface area contributed by atoms with E-state index in [-0.39, 0.29) is 0 Å². The van der Waals surface area contributed by atoms with Gasteiger partial charge in [0.25, 0.3) is 0 Å². The average Bonchev–Trinajstić information content (AvgIpc) is 2.94. The second-order valence-corrected chi connectivity index (χ2v) is 5.53. The van der Waals surface area contributed by atoms with Crippen LogP contribution in [0.25, 0.3) is 5.69 Å². The van der Waals surface area contributed by atoms with Gasteiger partial charge in [-0.25, -0.2) is 0 Å². The lowest BCUT2D eigenvalue weighted by Gasteiger charge is -2.24. The molecule has 18 heavy (non-hydrogen) atoms. The summed E-state index contributed by atoms with van der Waals surface area (Å²) < 4.78 is 1.69. The number of tetrazole rings is 1. The first-order chi connectivity index (χ1) is 8.93. The van der Waals surface area contributed by atoms with Gasteiger partial charge in [0.05, 0.1) is 11.4 Å². The molecule has 1 aromatic heterocycles. The van der Waals surface area contributed by atoms with E-state index in [4.69, 9.17) is 0 Å². The second kappa shape index (κ2) is 5.39. The van der Waals surface area contributed by atoms with E-state index < -0.39 is 0 Å². The summed E-state index contributed by atoms with van der Waals surface area (Å²) in [6, 6.07) is 8.70. The summed E-state index contributed by atoms with van der Waals surface area (Å²) in [6.45, 7) is 0. The topological polar surface area (TPSA) is 55.6 Å². The molecule has 1 aliphatic heterocycles. The fraction of sp³-hybridized carbons (Fsp3) is 0.417. The van der Waals surface area contributed by atoms with Gasteiger partial charge in [-0.05, 0) is 46.9 Å². The minimum absolute atomic E-state index is 0.559. The number of aromatic nitrogens is 4. The molecule has 1 aliphatic rings. The second-order valence-electron chi connectivity index (χ2n) is 4.30. The largest absolute Gasteiger partial charge is 0.381 e. The molecule has 94 valence electrons. The Balaban J connectivity index is 1.83. The van der Waals surface area contributed by atoms with Crippen molar-refractivity contribution in [2.45, 2.75) is 18.9 Å². The van der Waals surface area contributed by atoms with Gasteiger partial charge in [0.1, 0.15) is 6.33 Å². The summed E-state index contributed by atoms with van der Waals surface area (Å²) in [5, 5.41) is 14.9. The number of nitrogens with zero attached hydrogens (tertiary/aromatic N) is 4. The maximum Gasteiger partial charge on any atom is 0.143 e. The third kappa shape index (κ3) is 2.48. The van der Waals surface area contributed by atoms with Gasteiger partial charge in [-0.3, -0.25) is 0 Å². The molecule has 5 nitrogen and oxygen atoms in total. The van der Waals surface area contributed by atoms with Gasteiger partial charge in [-0.1, -0.05) is 12.1 Å². The molecular weight excluding hydrogens is 246 g/mol. The Morgan fingerprint density at radius 2 is 2.06 bits per heavy atom. The molecule has 2 heterocycles. The molecule has 1 aromatic carbocycles. The van der Waals surface area contributed by atoms with Crippen LogP contribution in [0.3, 0.4) is 0 Å². The zero-order chi connectivity index (χ0) is 12.2. The van der Waals surface area contributed by atoms with Gasteiger partial charge in [0, 0.05) is 6.04 Å². The summed E-state index contributed by atoms with van der Waals surface area (Å²) in [5.41, 5.74) is 2.10. The van der Waals surface area contributed by atoms with E-state index in [1.54, 1.807) is 11.0 Å². The fourth-order valence-corrected chi connectivity index (χ4v) is 3.24. The molecule has 2 aromatic rings. The molecule has 0 saturated carbocycles. The molecule has 6 heteroatoms. The van der Waals surface area contributed by atoms with Crippen molar-refractivity contribution in [3.05, 3.63) is 30.6 Å². The first-order valence-electron chi connectivity index (χ1n) is 6.10. The van der Waals surface area contributed by atoms with Crippen LogP contribution in [-0.2, 0) is 0 Å². The highest BCUT2D eigenvalue weighted by Gasteiger charge is 2.15. The summed E-state index contributed by atoms with van der Waals surface area (Å²) in [6.07, 6.45) is 4.06. The number of anilines is 1.